The number of aryl methyl sites for hydroxylation is 2. The van der Waals surface area contributed by atoms with Crippen LogP contribution in [0.1, 0.15) is 25.1 Å². The number of carboxylic acid groups (broad SMARTS) is 1. The fourth-order valence-corrected chi connectivity index (χ4v) is 2.58. The van der Waals surface area contributed by atoms with Crippen molar-refractivity contribution in [3.8, 4) is 0 Å². The fourth-order valence-electron chi connectivity index (χ4n) is 2.02. The first-order chi connectivity index (χ1) is 11.3. The van der Waals surface area contributed by atoms with Crippen LogP contribution in [0.2, 0.25) is 10.0 Å². The van der Waals surface area contributed by atoms with E-state index in [0.717, 1.165) is 29.9 Å². The fraction of sp³-hybridized carbons (Fsp3) is 0.211. The predicted molar refractivity (Wildman–Crippen MR) is 102 cm³/mol. The summed E-state index contributed by atoms with van der Waals surface area (Å²) in [4.78, 5) is 12.2. The second-order valence-corrected chi connectivity index (χ2v) is 6.01. The van der Waals surface area contributed by atoms with Crippen LogP contribution in [0, 0.1) is 6.92 Å². The van der Waals surface area contributed by atoms with Crippen LogP contribution in [0.5, 0.6) is 0 Å². The number of aromatic amines is 1. The van der Waals surface area contributed by atoms with Gasteiger partial charge in [0.05, 0.1) is 10.5 Å². The summed E-state index contributed by atoms with van der Waals surface area (Å²) in [7, 11) is 0. The van der Waals surface area contributed by atoms with E-state index >= 15 is 0 Å². The SMILES string of the molecule is CC(=O)O.CCc1ccccc1.Cc1cc2cc(Cl)cc(Cl)c2[nH]1. The topological polar surface area (TPSA) is 53.1 Å². The Morgan fingerprint density at radius 3 is 2.21 bits per heavy atom. The van der Waals surface area contributed by atoms with E-state index < -0.39 is 5.97 Å². The number of rotatable bonds is 1. The minimum atomic E-state index is -0.833. The zero-order chi connectivity index (χ0) is 18.1. The number of carboxylic acids is 1. The van der Waals surface area contributed by atoms with Gasteiger partial charge >= 0.3 is 0 Å². The quantitative estimate of drug-likeness (QED) is 0.545. The number of hydrogen-bond donors (Lipinski definition) is 2. The molecule has 0 aliphatic heterocycles. The molecule has 0 spiro atoms. The summed E-state index contributed by atoms with van der Waals surface area (Å²) in [6.07, 6.45) is 1.14. The maximum absolute atomic E-state index is 9.00. The van der Waals surface area contributed by atoms with Crippen LogP contribution in [-0.2, 0) is 11.2 Å². The highest BCUT2D eigenvalue weighted by molar-refractivity contribution is 6.38. The highest BCUT2D eigenvalue weighted by Crippen LogP contribution is 2.27. The molecule has 0 bridgehead atoms. The zero-order valence-corrected chi connectivity index (χ0v) is 15.4. The second kappa shape index (κ2) is 10.0. The van der Waals surface area contributed by atoms with Gasteiger partial charge in [0.2, 0.25) is 0 Å². The first-order valence-corrected chi connectivity index (χ1v) is 8.27. The van der Waals surface area contributed by atoms with Gasteiger partial charge in [-0.2, -0.15) is 0 Å². The average Bonchev–Trinajstić information content (AvgIpc) is 2.89. The number of carbonyl (C=O) groups is 1. The molecule has 3 aromatic rings. The summed E-state index contributed by atoms with van der Waals surface area (Å²) in [6.45, 7) is 5.24. The van der Waals surface area contributed by atoms with Crippen LogP contribution in [-0.4, -0.2) is 16.1 Å². The van der Waals surface area contributed by atoms with Crippen molar-refractivity contribution in [2.24, 2.45) is 0 Å². The normalized spacial score (nSPS) is 9.54. The lowest BCUT2D eigenvalue weighted by Gasteiger charge is -1.94. The van der Waals surface area contributed by atoms with Crippen molar-refractivity contribution in [2.45, 2.75) is 27.2 Å². The molecule has 3 rings (SSSR count). The Kier molecular flexibility index (Phi) is 8.37. The van der Waals surface area contributed by atoms with E-state index in [1.807, 2.05) is 25.1 Å². The molecule has 0 saturated heterocycles. The van der Waals surface area contributed by atoms with E-state index in [4.69, 9.17) is 33.1 Å². The molecular weight excluding hydrogens is 345 g/mol. The Morgan fingerprint density at radius 2 is 1.71 bits per heavy atom. The Hall–Kier alpha value is -1.97. The van der Waals surface area contributed by atoms with E-state index in [2.05, 4.69) is 36.2 Å². The van der Waals surface area contributed by atoms with Gasteiger partial charge in [-0.3, -0.25) is 4.79 Å². The average molecular weight is 366 g/mol. The molecule has 2 N–H and O–H groups in total. The van der Waals surface area contributed by atoms with Crippen LogP contribution < -0.4 is 0 Å². The molecule has 0 saturated carbocycles. The van der Waals surface area contributed by atoms with Gasteiger partial charge in [0.15, 0.2) is 0 Å². The summed E-state index contributed by atoms with van der Waals surface area (Å²) in [5.74, 6) is -0.833. The lowest BCUT2D eigenvalue weighted by atomic mass is 10.2. The van der Waals surface area contributed by atoms with Crippen molar-refractivity contribution < 1.29 is 9.90 Å². The molecule has 0 atom stereocenters. The van der Waals surface area contributed by atoms with Gasteiger partial charge < -0.3 is 10.1 Å². The summed E-state index contributed by atoms with van der Waals surface area (Å²) in [5, 5.41) is 9.82. The molecule has 1 aromatic heterocycles. The largest absolute Gasteiger partial charge is 0.481 e. The Morgan fingerprint density at radius 1 is 1.12 bits per heavy atom. The first kappa shape index (κ1) is 20.1. The number of benzene rings is 2. The molecule has 0 radical (unpaired) electrons. The highest BCUT2D eigenvalue weighted by atomic mass is 35.5. The maximum atomic E-state index is 9.00. The van der Waals surface area contributed by atoms with Gasteiger partial charge in [-0.1, -0.05) is 60.5 Å². The highest BCUT2D eigenvalue weighted by Gasteiger charge is 2.03. The molecule has 0 aliphatic rings. The van der Waals surface area contributed by atoms with E-state index in [-0.39, 0.29) is 0 Å². The van der Waals surface area contributed by atoms with Gasteiger partial charge in [-0.15, -0.1) is 0 Å². The number of H-pyrrole nitrogens is 1. The van der Waals surface area contributed by atoms with E-state index in [1.54, 1.807) is 6.07 Å². The third kappa shape index (κ3) is 7.07. The van der Waals surface area contributed by atoms with E-state index in [0.29, 0.717) is 10.0 Å². The van der Waals surface area contributed by atoms with Crippen LogP contribution in [0.25, 0.3) is 10.9 Å². The monoisotopic (exact) mass is 365 g/mol. The van der Waals surface area contributed by atoms with Gasteiger partial charge in [0, 0.05) is 23.0 Å². The smallest absolute Gasteiger partial charge is 0.300 e. The standard InChI is InChI=1S/C9H7Cl2N.C8H10.C2H4O2/c1-5-2-6-3-7(10)4-8(11)9(6)12-5;1-2-8-6-4-3-5-7-8;1-2(3)4/h2-4,12H,1H3;3-7H,2H2,1H3;1H3,(H,3,4). The molecule has 128 valence electrons. The molecule has 0 fully saturated rings. The third-order valence-corrected chi connectivity index (χ3v) is 3.55. The lowest BCUT2D eigenvalue weighted by Crippen LogP contribution is -1.78. The molecule has 0 unspecified atom stereocenters. The summed E-state index contributed by atoms with van der Waals surface area (Å²) in [5.41, 5.74) is 3.46. The number of halogens is 2. The maximum Gasteiger partial charge on any atom is 0.300 e. The Bertz CT molecular complexity index is 779. The number of fused-ring (bicyclic) bond motifs is 1. The molecule has 3 nitrogen and oxygen atoms in total. The second-order valence-electron chi connectivity index (χ2n) is 5.16. The number of aromatic nitrogens is 1. The van der Waals surface area contributed by atoms with Crippen molar-refractivity contribution in [1.82, 2.24) is 4.98 Å². The van der Waals surface area contributed by atoms with Crippen LogP contribution in [0.3, 0.4) is 0 Å². The van der Waals surface area contributed by atoms with Gasteiger partial charge in [0.1, 0.15) is 0 Å². The van der Waals surface area contributed by atoms with Gasteiger partial charge in [0.25, 0.3) is 5.97 Å². The predicted octanol–water partition coefficient (Wildman–Crippen LogP) is 6.12. The first-order valence-electron chi connectivity index (χ1n) is 7.51. The van der Waals surface area contributed by atoms with Crippen molar-refractivity contribution in [3.63, 3.8) is 0 Å². The summed E-state index contributed by atoms with van der Waals surface area (Å²) < 4.78 is 0. The summed E-state index contributed by atoms with van der Waals surface area (Å²) >= 11 is 11.8. The van der Waals surface area contributed by atoms with Gasteiger partial charge in [-0.05, 0) is 37.1 Å². The third-order valence-electron chi connectivity index (χ3n) is 3.03. The van der Waals surface area contributed by atoms with Crippen molar-refractivity contribution in [1.29, 1.82) is 0 Å². The van der Waals surface area contributed by atoms with Crippen molar-refractivity contribution in [3.05, 3.63) is 69.8 Å². The zero-order valence-electron chi connectivity index (χ0n) is 13.9. The van der Waals surface area contributed by atoms with Crippen molar-refractivity contribution >= 4 is 40.1 Å². The minimum absolute atomic E-state index is 0.672. The molecule has 0 aliphatic carbocycles. The number of aliphatic carboxylic acids is 1. The summed E-state index contributed by atoms with van der Waals surface area (Å²) in [6, 6.07) is 16.1. The van der Waals surface area contributed by atoms with Crippen LogP contribution in [0.4, 0.5) is 0 Å². The molecule has 1 heterocycles. The molecule has 5 heteroatoms. The molecule has 24 heavy (non-hydrogen) atoms. The molecule has 0 amide bonds. The van der Waals surface area contributed by atoms with Crippen molar-refractivity contribution in [2.75, 3.05) is 0 Å². The van der Waals surface area contributed by atoms with Crippen LogP contribution >= 0.6 is 23.2 Å². The van der Waals surface area contributed by atoms with E-state index in [1.165, 1.54) is 5.56 Å². The van der Waals surface area contributed by atoms with E-state index in [9.17, 15) is 0 Å². The lowest BCUT2D eigenvalue weighted by molar-refractivity contribution is -0.134. The Balaban J connectivity index is 0.000000208. The number of nitrogens with one attached hydrogen (secondary N) is 1. The van der Waals surface area contributed by atoms with Crippen LogP contribution in [0.15, 0.2) is 48.5 Å². The number of hydrogen-bond acceptors (Lipinski definition) is 1. The van der Waals surface area contributed by atoms with Gasteiger partial charge in [-0.25, -0.2) is 0 Å². The molecular formula is C19H21Cl2NO2. The molecule has 2 aromatic carbocycles. The minimum Gasteiger partial charge on any atom is -0.481 e. The Labute approximate surface area is 152 Å².